The molecule has 0 spiro atoms. The minimum Gasteiger partial charge on any atom is -0.486 e. The smallest absolute Gasteiger partial charge is 0.164 e. The molecule has 3 aromatic rings. The highest BCUT2D eigenvalue weighted by Crippen LogP contribution is 2.37. The highest BCUT2D eigenvalue weighted by Gasteiger charge is 2.19. The second-order valence-corrected chi connectivity index (χ2v) is 6.63. The lowest BCUT2D eigenvalue weighted by Gasteiger charge is -2.23. The lowest BCUT2D eigenvalue weighted by Crippen LogP contribution is -2.18. The largest absolute Gasteiger partial charge is 0.486 e. The maximum atomic E-state index is 5.83. The highest BCUT2D eigenvalue weighted by atomic mass is 16.6. The first kappa shape index (κ1) is 17.3. The molecule has 0 aliphatic carbocycles. The Kier molecular flexibility index (Phi) is 4.87. The predicted octanol–water partition coefficient (Wildman–Crippen LogP) is 3.83. The average Bonchev–Trinajstić information content (AvgIpc) is 2.72. The van der Waals surface area contributed by atoms with E-state index >= 15 is 0 Å². The minimum absolute atomic E-state index is 0.237. The van der Waals surface area contributed by atoms with Crippen LogP contribution < -0.4 is 14.8 Å². The first-order valence-electron chi connectivity index (χ1n) is 9.08. The Morgan fingerprint density at radius 1 is 1.07 bits per heavy atom. The summed E-state index contributed by atoms with van der Waals surface area (Å²) in [7, 11) is 0. The molecule has 1 unspecified atom stereocenters. The third-order valence-electron chi connectivity index (χ3n) is 4.59. The molecule has 1 aliphatic heterocycles. The third-order valence-corrected chi connectivity index (χ3v) is 4.59. The number of aromatic nitrogens is 3. The Morgan fingerprint density at radius 3 is 2.81 bits per heavy atom. The number of para-hydroxylation sites is 1. The quantitative estimate of drug-likeness (QED) is 0.744. The van der Waals surface area contributed by atoms with Crippen molar-refractivity contribution < 1.29 is 9.47 Å². The van der Waals surface area contributed by atoms with E-state index in [0.29, 0.717) is 13.2 Å². The summed E-state index contributed by atoms with van der Waals surface area (Å²) >= 11 is 0. The molecule has 1 aliphatic rings. The van der Waals surface area contributed by atoms with Crippen LogP contribution in [0, 0.1) is 6.92 Å². The lowest BCUT2D eigenvalue weighted by atomic mass is 9.99. The molecule has 0 radical (unpaired) electrons. The van der Waals surface area contributed by atoms with Gasteiger partial charge >= 0.3 is 0 Å². The summed E-state index contributed by atoms with van der Waals surface area (Å²) in [5.74, 6) is 2.70. The molecule has 2 aromatic heterocycles. The number of anilines is 1. The molecule has 6 nitrogen and oxygen atoms in total. The summed E-state index contributed by atoms with van der Waals surface area (Å²) in [6.45, 7) is 6.04. The fourth-order valence-corrected chi connectivity index (χ4v) is 3.08. The van der Waals surface area contributed by atoms with Crippen molar-refractivity contribution in [3.05, 3.63) is 60.2 Å². The summed E-state index contributed by atoms with van der Waals surface area (Å²) in [6.07, 6.45) is 3.40. The number of benzene rings is 1. The van der Waals surface area contributed by atoms with E-state index in [1.165, 1.54) is 0 Å². The zero-order valence-electron chi connectivity index (χ0n) is 15.5. The monoisotopic (exact) mass is 362 g/mol. The van der Waals surface area contributed by atoms with E-state index in [-0.39, 0.29) is 5.92 Å². The van der Waals surface area contributed by atoms with Crippen LogP contribution in [0.25, 0.3) is 11.3 Å². The van der Waals surface area contributed by atoms with E-state index in [0.717, 1.165) is 46.4 Å². The number of pyridine rings is 1. The molecule has 0 saturated carbocycles. The van der Waals surface area contributed by atoms with Gasteiger partial charge in [0.25, 0.3) is 0 Å². The number of nitrogens with one attached hydrogen (secondary N) is 1. The minimum atomic E-state index is 0.237. The summed E-state index contributed by atoms with van der Waals surface area (Å²) < 4.78 is 11.5. The van der Waals surface area contributed by atoms with Crippen LogP contribution in [0.2, 0.25) is 0 Å². The van der Waals surface area contributed by atoms with Crippen LogP contribution in [-0.2, 0) is 0 Å². The summed E-state index contributed by atoms with van der Waals surface area (Å²) in [5, 5.41) is 3.40. The summed E-state index contributed by atoms with van der Waals surface area (Å²) in [5.41, 5.74) is 3.94. The van der Waals surface area contributed by atoms with Crippen molar-refractivity contribution in [2.24, 2.45) is 0 Å². The number of nitrogens with zero attached hydrogens (tertiary/aromatic N) is 3. The molecule has 1 aromatic carbocycles. The maximum absolute atomic E-state index is 5.83. The Hall–Kier alpha value is -3.15. The normalized spacial score (nSPS) is 13.9. The molecule has 3 heterocycles. The van der Waals surface area contributed by atoms with Gasteiger partial charge in [0.1, 0.15) is 25.4 Å². The van der Waals surface area contributed by atoms with Crippen LogP contribution in [0.4, 0.5) is 5.82 Å². The number of hydrogen-bond donors (Lipinski definition) is 1. The maximum Gasteiger partial charge on any atom is 0.164 e. The van der Waals surface area contributed by atoms with Crippen LogP contribution in [0.1, 0.15) is 24.1 Å². The molecule has 138 valence electrons. The molecule has 0 bridgehead atoms. The van der Waals surface area contributed by atoms with Crippen LogP contribution in [-0.4, -0.2) is 34.7 Å². The molecule has 1 atom stereocenters. The van der Waals surface area contributed by atoms with Crippen LogP contribution in [0.5, 0.6) is 11.5 Å². The number of fused-ring (bicyclic) bond motifs is 1. The van der Waals surface area contributed by atoms with Crippen molar-refractivity contribution >= 4 is 5.82 Å². The SMILES string of the molecule is Cc1ccc(-c2cc(NCC(C)c3cccc4c3OCCO4)ncn2)cn1. The second kappa shape index (κ2) is 7.61. The summed E-state index contributed by atoms with van der Waals surface area (Å²) in [6, 6.07) is 12.0. The van der Waals surface area contributed by atoms with Crippen molar-refractivity contribution in [2.45, 2.75) is 19.8 Å². The number of rotatable bonds is 5. The molecule has 4 rings (SSSR count). The standard InChI is InChI=1S/C21H22N4O2/c1-14(17-4-3-5-19-21(17)27-9-8-26-19)11-23-20-10-18(24-13-25-20)16-7-6-15(2)22-12-16/h3-7,10,12-14H,8-9,11H2,1-2H3,(H,23,24,25). The van der Waals surface area contributed by atoms with Gasteiger partial charge in [-0.15, -0.1) is 0 Å². The zero-order chi connectivity index (χ0) is 18.6. The van der Waals surface area contributed by atoms with Gasteiger partial charge in [0, 0.05) is 41.5 Å². The van der Waals surface area contributed by atoms with Crippen molar-refractivity contribution in [1.29, 1.82) is 0 Å². The Bertz CT molecular complexity index is 928. The number of hydrogen-bond acceptors (Lipinski definition) is 6. The average molecular weight is 362 g/mol. The second-order valence-electron chi connectivity index (χ2n) is 6.63. The number of ether oxygens (including phenoxy) is 2. The van der Waals surface area contributed by atoms with Gasteiger partial charge in [-0.25, -0.2) is 9.97 Å². The fraction of sp³-hybridized carbons (Fsp3) is 0.286. The Labute approximate surface area is 158 Å². The van der Waals surface area contributed by atoms with Gasteiger partial charge in [-0.05, 0) is 25.1 Å². The molecule has 6 heteroatoms. The topological polar surface area (TPSA) is 69.2 Å². The van der Waals surface area contributed by atoms with E-state index < -0.39 is 0 Å². The number of aryl methyl sites for hydroxylation is 1. The molecular formula is C21H22N4O2. The van der Waals surface area contributed by atoms with E-state index in [4.69, 9.17) is 9.47 Å². The van der Waals surface area contributed by atoms with Crippen LogP contribution in [0.3, 0.4) is 0 Å². The molecule has 0 saturated heterocycles. The first-order chi connectivity index (χ1) is 13.2. The fourth-order valence-electron chi connectivity index (χ4n) is 3.08. The van der Waals surface area contributed by atoms with Gasteiger partial charge < -0.3 is 14.8 Å². The molecule has 0 amide bonds. The lowest BCUT2D eigenvalue weighted by molar-refractivity contribution is 0.169. The van der Waals surface area contributed by atoms with Gasteiger partial charge in [-0.1, -0.05) is 19.1 Å². The third kappa shape index (κ3) is 3.84. The highest BCUT2D eigenvalue weighted by molar-refractivity contribution is 5.61. The van der Waals surface area contributed by atoms with Gasteiger partial charge in [0.15, 0.2) is 11.5 Å². The molecule has 0 fully saturated rings. The molecule has 27 heavy (non-hydrogen) atoms. The van der Waals surface area contributed by atoms with Crippen LogP contribution >= 0.6 is 0 Å². The van der Waals surface area contributed by atoms with Gasteiger partial charge in [-0.2, -0.15) is 0 Å². The van der Waals surface area contributed by atoms with Crippen molar-refractivity contribution in [2.75, 3.05) is 25.1 Å². The molecular weight excluding hydrogens is 340 g/mol. The van der Waals surface area contributed by atoms with Crippen LogP contribution in [0.15, 0.2) is 48.9 Å². The van der Waals surface area contributed by atoms with Gasteiger partial charge in [-0.3, -0.25) is 4.98 Å². The van der Waals surface area contributed by atoms with Crippen molar-refractivity contribution in [1.82, 2.24) is 15.0 Å². The summed E-state index contributed by atoms with van der Waals surface area (Å²) in [4.78, 5) is 13.0. The van der Waals surface area contributed by atoms with E-state index in [1.807, 2.05) is 43.5 Å². The van der Waals surface area contributed by atoms with E-state index in [2.05, 4.69) is 33.3 Å². The van der Waals surface area contributed by atoms with E-state index in [9.17, 15) is 0 Å². The Balaban J connectivity index is 1.48. The Morgan fingerprint density at radius 2 is 1.96 bits per heavy atom. The van der Waals surface area contributed by atoms with Crippen molar-refractivity contribution in [3.8, 4) is 22.8 Å². The molecule has 1 N–H and O–H groups in total. The van der Waals surface area contributed by atoms with E-state index in [1.54, 1.807) is 6.33 Å². The predicted molar refractivity (Wildman–Crippen MR) is 104 cm³/mol. The van der Waals surface area contributed by atoms with Gasteiger partial charge in [0.2, 0.25) is 0 Å². The first-order valence-corrected chi connectivity index (χ1v) is 9.08. The van der Waals surface area contributed by atoms with Crippen molar-refractivity contribution in [3.63, 3.8) is 0 Å². The van der Waals surface area contributed by atoms with Gasteiger partial charge in [0.05, 0.1) is 5.69 Å². The zero-order valence-corrected chi connectivity index (χ0v) is 15.5.